The van der Waals surface area contributed by atoms with Crippen LogP contribution in [0.2, 0.25) is 0 Å². The SMILES string of the molecule is COC(=O)C[C@H](O)Cc1cc(F)c(F)cc1F. The second-order valence-corrected chi connectivity index (χ2v) is 3.50. The van der Waals surface area contributed by atoms with Crippen molar-refractivity contribution in [3.63, 3.8) is 0 Å². The standard InChI is InChI=1S/C11H11F3O3/c1-17-11(16)4-7(15)2-6-3-9(13)10(14)5-8(6)12/h3,5,7,15H,2,4H2,1H3/t7-/m1/s1. The number of carbonyl (C=O) groups excluding carboxylic acids is 1. The number of rotatable bonds is 4. The number of esters is 1. The van der Waals surface area contributed by atoms with Crippen LogP contribution in [0.1, 0.15) is 12.0 Å². The van der Waals surface area contributed by atoms with Crippen LogP contribution in [0.25, 0.3) is 0 Å². The van der Waals surface area contributed by atoms with Crippen LogP contribution < -0.4 is 0 Å². The maximum absolute atomic E-state index is 13.2. The van der Waals surface area contributed by atoms with Gasteiger partial charge in [-0.05, 0) is 11.6 Å². The van der Waals surface area contributed by atoms with Crippen LogP contribution in [0.5, 0.6) is 0 Å². The Labute approximate surface area is 95.8 Å². The molecule has 0 aliphatic carbocycles. The molecule has 1 aromatic rings. The van der Waals surface area contributed by atoms with Gasteiger partial charge in [0.25, 0.3) is 0 Å². The zero-order valence-electron chi connectivity index (χ0n) is 9.04. The van der Waals surface area contributed by atoms with Gasteiger partial charge in [-0.1, -0.05) is 0 Å². The van der Waals surface area contributed by atoms with Crippen molar-refractivity contribution < 1.29 is 27.8 Å². The molecule has 0 aliphatic heterocycles. The smallest absolute Gasteiger partial charge is 0.308 e. The molecule has 0 heterocycles. The zero-order chi connectivity index (χ0) is 13.0. The maximum Gasteiger partial charge on any atom is 0.308 e. The van der Waals surface area contributed by atoms with E-state index in [0.717, 1.165) is 7.11 Å². The van der Waals surface area contributed by atoms with Crippen molar-refractivity contribution in [1.82, 2.24) is 0 Å². The second-order valence-electron chi connectivity index (χ2n) is 3.50. The number of hydrogen-bond donors (Lipinski definition) is 1. The van der Waals surface area contributed by atoms with Gasteiger partial charge in [0.1, 0.15) is 5.82 Å². The third-order valence-electron chi connectivity index (χ3n) is 2.17. The van der Waals surface area contributed by atoms with Crippen LogP contribution in [-0.2, 0) is 16.0 Å². The lowest BCUT2D eigenvalue weighted by Crippen LogP contribution is -2.18. The third-order valence-corrected chi connectivity index (χ3v) is 2.17. The van der Waals surface area contributed by atoms with E-state index in [2.05, 4.69) is 4.74 Å². The number of carbonyl (C=O) groups is 1. The van der Waals surface area contributed by atoms with Crippen molar-refractivity contribution in [2.24, 2.45) is 0 Å². The molecule has 17 heavy (non-hydrogen) atoms. The molecular formula is C11H11F3O3. The van der Waals surface area contributed by atoms with Gasteiger partial charge in [0.05, 0.1) is 19.6 Å². The van der Waals surface area contributed by atoms with Gasteiger partial charge < -0.3 is 9.84 Å². The van der Waals surface area contributed by atoms with Crippen molar-refractivity contribution >= 4 is 5.97 Å². The minimum absolute atomic E-state index is 0.194. The highest BCUT2D eigenvalue weighted by atomic mass is 19.2. The Morgan fingerprint density at radius 3 is 2.47 bits per heavy atom. The fraction of sp³-hybridized carbons (Fsp3) is 0.364. The summed E-state index contributed by atoms with van der Waals surface area (Å²) in [6, 6.07) is 1.06. The Morgan fingerprint density at radius 1 is 1.29 bits per heavy atom. The van der Waals surface area contributed by atoms with E-state index >= 15 is 0 Å². The number of aliphatic hydroxyl groups excluding tert-OH is 1. The first kappa shape index (κ1) is 13.5. The Balaban J connectivity index is 2.74. The average Bonchev–Trinajstić information content (AvgIpc) is 2.25. The Bertz CT molecular complexity index is 421. The van der Waals surface area contributed by atoms with Gasteiger partial charge >= 0.3 is 5.97 Å². The molecule has 0 radical (unpaired) electrons. The number of aliphatic hydroxyl groups is 1. The monoisotopic (exact) mass is 248 g/mol. The van der Waals surface area contributed by atoms with Crippen molar-refractivity contribution in [3.05, 3.63) is 35.1 Å². The summed E-state index contributed by atoms with van der Waals surface area (Å²) in [5.74, 6) is -4.13. The van der Waals surface area contributed by atoms with Crippen molar-refractivity contribution in [3.8, 4) is 0 Å². The summed E-state index contributed by atoms with van der Waals surface area (Å²) in [6.45, 7) is 0. The second kappa shape index (κ2) is 5.67. The molecule has 0 bridgehead atoms. The molecule has 1 aromatic carbocycles. The number of methoxy groups -OCH3 is 1. The summed E-state index contributed by atoms with van der Waals surface area (Å²) >= 11 is 0. The Morgan fingerprint density at radius 2 is 1.88 bits per heavy atom. The highest BCUT2D eigenvalue weighted by Crippen LogP contribution is 2.16. The minimum atomic E-state index is -1.30. The molecule has 0 saturated heterocycles. The quantitative estimate of drug-likeness (QED) is 0.650. The lowest BCUT2D eigenvalue weighted by molar-refractivity contribution is -0.142. The van der Waals surface area contributed by atoms with E-state index in [1.165, 1.54) is 0 Å². The molecule has 1 N–H and O–H groups in total. The summed E-state index contributed by atoms with van der Waals surface area (Å²) in [6.07, 6.45) is -1.84. The fourth-order valence-electron chi connectivity index (χ4n) is 1.32. The van der Waals surface area contributed by atoms with Crippen molar-refractivity contribution in [2.45, 2.75) is 18.9 Å². The molecule has 0 unspecified atom stereocenters. The summed E-state index contributed by atoms with van der Waals surface area (Å²) in [4.78, 5) is 10.8. The Hall–Kier alpha value is -1.56. The molecule has 0 spiro atoms. The lowest BCUT2D eigenvalue weighted by Gasteiger charge is -2.10. The number of hydrogen-bond acceptors (Lipinski definition) is 3. The van der Waals surface area contributed by atoms with Gasteiger partial charge in [0.15, 0.2) is 11.6 Å². The normalized spacial score (nSPS) is 12.3. The van der Waals surface area contributed by atoms with E-state index in [0.29, 0.717) is 12.1 Å². The number of benzene rings is 1. The van der Waals surface area contributed by atoms with Gasteiger partial charge in [0, 0.05) is 12.5 Å². The Kier molecular flexibility index (Phi) is 4.51. The van der Waals surface area contributed by atoms with Crippen molar-refractivity contribution in [2.75, 3.05) is 7.11 Å². The van der Waals surface area contributed by atoms with Crippen LogP contribution in [-0.4, -0.2) is 24.3 Å². The molecule has 0 aromatic heterocycles. The molecular weight excluding hydrogens is 237 g/mol. The van der Waals surface area contributed by atoms with Gasteiger partial charge in [0.2, 0.25) is 0 Å². The van der Waals surface area contributed by atoms with E-state index in [9.17, 15) is 23.1 Å². The van der Waals surface area contributed by atoms with Crippen molar-refractivity contribution in [1.29, 1.82) is 0 Å². The summed E-state index contributed by atoms with van der Waals surface area (Å²) in [7, 11) is 1.15. The molecule has 0 aliphatic rings. The van der Waals surface area contributed by atoms with Gasteiger partial charge in [-0.25, -0.2) is 13.2 Å². The predicted molar refractivity (Wildman–Crippen MR) is 52.7 cm³/mol. The van der Waals surface area contributed by atoms with E-state index < -0.39 is 29.5 Å². The first-order valence-electron chi connectivity index (χ1n) is 4.82. The fourth-order valence-corrected chi connectivity index (χ4v) is 1.32. The lowest BCUT2D eigenvalue weighted by atomic mass is 10.0. The van der Waals surface area contributed by atoms with E-state index in [1.54, 1.807) is 0 Å². The molecule has 0 fully saturated rings. The number of halogens is 3. The summed E-state index contributed by atoms with van der Waals surface area (Å²) < 4.78 is 42.9. The molecule has 94 valence electrons. The molecule has 0 amide bonds. The molecule has 6 heteroatoms. The first-order valence-corrected chi connectivity index (χ1v) is 4.82. The van der Waals surface area contributed by atoms with E-state index in [1.807, 2.05) is 0 Å². The highest BCUT2D eigenvalue weighted by Gasteiger charge is 2.16. The van der Waals surface area contributed by atoms with E-state index in [-0.39, 0.29) is 18.4 Å². The maximum atomic E-state index is 13.2. The topological polar surface area (TPSA) is 46.5 Å². The third kappa shape index (κ3) is 3.74. The molecule has 0 saturated carbocycles. The zero-order valence-corrected chi connectivity index (χ0v) is 9.04. The summed E-state index contributed by atoms with van der Waals surface area (Å²) in [5.41, 5.74) is -0.194. The van der Waals surface area contributed by atoms with Crippen LogP contribution in [0.3, 0.4) is 0 Å². The average molecular weight is 248 g/mol. The van der Waals surface area contributed by atoms with Gasteiger partial charge in [-0.3, -0.25) is 4.79 Å². The largest absolute Gasteiger partial charge is 0.469 e. The van der Waals surface area contributed by atoms with Crippen LogP contribution >= 0.6 is 0 Å². The molecule has 3 nitrogen and oxygen atoms in total. The molecule has 1 atom stereocenters. The van der Waals surface area contributed by atoms with Crippen LogP contribution in [0.15, 0.2) is 12.1 Å². The van der Waals surface area contributed by atoms with Gasteiger partial charge in [-0.2, -0.15) is 0 Å². The van der Waals surface area contributed by atoms with Crippen LogP contribution in [0.4, 0.5) is 13.2 Å². The minimum Gasteiger partial charge on any atom is -0.469 e. The van der Waals surface area contributed by atoms with E-state index in [4.69, 9.17) is 0 Å². The highest BCUT2D eigenvalue weighted by molar-refractivity contribution is 5.69. The van der Waals surface area contributed by atoms with Gasteiger partial charge in [-0.15, -0.1) is 0 Å². The predicted octanol–water partition coefficient (Wildman–Crippen LogP) is 1.57. The molecule has 1 rings (SSSR count). The summed E-state index contributed by atoms with van der Waals surface area (Å²) in [5, 5.41) is 9.41. The van der Waals surface area contributed by atoms with Crippen LogP contribution in [0, 0.1) is 17.5 Å². The number of ether oxygens (including phenoxy) is 1. The first-order chi connectivity index (χ1) is 7.93.